The van der Waals surface area contributed by atoms with E-state index in [9.17, 15) is 0 Å². The molecule has 2 aromatic rings. The largest absolute Gasteiger partial charge is 0.308 e. The van der Waals surface area contributed by atoms with Gasteiger partial charge in [-0.1, -0.05) is 50.1 Å². The quantitative estimate of drug-likeness (QED) is 0.627. The molecule has 1 aromatic carbocycles. The lowest BCUT2D eigenvalue weighted by molar-refractivity contribution is 0.251. The van der Waals surface area contributed by atoms with Crippen LogP contribution in [0.1, 0.15) is 61.2 Å². The molecule has 0 radical (unpaired) electrons. The van der Waals surface area contributed by atoms with Crippen molar-refractivity contribution in [3.8, 4) is 0 Å². The number of aryl methyl sites for hydroxylation is 2. The van der Waals surface area contributed by atoms with Gasteiger partial charge in [-0.2, -0.15) is 0 Å². The van der Waals surface area contributed by atoms with Crippen molar-refractivity contribution in [2.75, 3.05) is 18.5 Å². The van der Waals surface area contributed by atoms with Gasteiger partial charge in [0.25, 0.3) is 0 Å². The zero-order chi connectivity index (χ0) is 21.9. The molecule has 5 heteroatoms. The first-order valence-corrected chi connectivity index (χ1v) is 11.1. The van der Waals surface area contributed by atoms with E-state index in [4.69, 9.17) is 11.1 Å². The maximum atomic E-state index is 8.90. The van der Waals surface area contributed by atoms with E-state index < -0.39 is 0 Å². The third kappa shape index (κ3) is 4.80. The minimum Gasteiger partial charge on any atom is -0.308 e. The van der Waals surface area contributed by atoms with Gasteiger partial charge in [-0.25, -0.2) is 0 Å². The summed E-state index contributed by atoms with van der Waals surface area (Å²) in [4.78, 5) is 5.57. The van der Waals surface area contributed by atoms with E-state index in [1.807, 2.05) is 19.2 Å². The lowest BCUT2D eigenvalue weighted by Gasteiger charge is -2.42. The van der Waals surface area contributed by atoms with E-state index in [0.717, 1.165) is 22.7 Å². The topological polar surface area (TPSA) is 56.4 Å². The number of allylic oxidation sites excluding steroid dienone is 1. The lowest BCUT2D eigenvalue weighted by Crippen LogP contribution is -2.56. The number of nitrogens with one attached hydrogen (secondary N) is 1. The average Bonchev–Trinajstić information content (AvgIpc) is 2.95. The first kappa shape index (κ1) is 23.3. The molecule has 1 aliphatic heterocycles. The highest BCUT2D eigenvalue weighted by Crippen LogP contribution is 2.40. The maximum Gasteiger partial charge on any atom is 0.139 e. The number of rotatable bonds is 3. The van der Waals surface area contributed by atoms with Crippen LogP contribution >= 0.6 is 11.3 Å². The fraction of sp³-hybridized carbons (Fsp3) is 0.458. The molecule has 0 aliphatic carbocycles. The Morgan fingerprint density at radius 2 is 1.66 bits per heavy atom. The molecule has 1 aliphatic rings. The van der Waals surface area contributed by atoms with E-state index in [1.54, 1.807) is 11.3 Å². The van der Waals surface area contributed by atoms with Gasteiger partial charge in [0.2, 0.25) is 0 Å². The number of thiophene rings is 1. The number of hydrogen-bond donors (Lipinski definition) is 2. The molecule has 0 amide bonds. The molecule has 1 unspecified atom stereocenters. The van der Waals surface area contributed by atoms with E-state index in [1.165, 1.54) is 33.7 Å². The van der Waals surface area contributed by atoms with Gasteiger partial charge in [0.15, 0.2) is 0 Å². The van der Waals surface area contributed by atoms with Crippen LogP contribution in [0.2, 0.25) is 0 Å². The highest BCUT2D eigenvalue weighted by molar-refractivity contribution is 7.16. The number of nitrogens with zero attached hydrogens (tertiary/aromatic N) is 2. The SMILES string of the molecule is CC1=C(C)N(c2sc(C)c(C)c2C(=N)c2ccc(C)cc2)C(N)N(C)C1.CCC. The first-order chi connectivity index (χ1) is 13.6. The van der Waals surface area contributed by atoms with Crippen LogP contribution in [0.25, 0.3) is 0 Å². The van der Waals surface area contributed by atoms with E-state index in [0.29, 0.717) is 5.71 Å². The standard InChI is InChI=1S/C21H28N4S.C3H8/c1-12-7-9-17(10-8-12)19(22)18-14(3)16(5)26-20(18)25-15(4)13(2)11-24(6)21(25)23;1-3-2/h7-10,21-22H,11,23H2,1-6H3;3H2,1-2H3. The number of likely N-dealkylation sites (N-methyl/N-ethyl adjacent to an activating group) is 1. The summed E-state index contributed by atoms with van der Waals surface area (Å²) in [6, 6.07) is 8.19. The van der Waals surface area contributed by atoms with Gasteiger partial charge in [0, 0.05) is 28.2 Å². The fourth-order valence-electron chi connectivity index (χ4n) is 3.39. The summed E-state index contributed by atoms with van der Waals surface area (Å²) in [5, 5.41) is 9.97. The summed E-state index contributed by atoms with van der Waals surface area (Å²) in [5.74, 6) is 0. The Hall–Kier alpha value is -1.95. The van der Waals surface area contributed by atoms with Gasteiger partial charge in [-0.05, 0) is 52.8 Å². The second-order valence-electron chi connectivity index (χ2n) is 7.98. The van der Waals surface area contributed by atoms with E-state index in [-0.39, 0.29) is 6.29 Å². The summed E-state index contributed by atoms with van der Waals surface area (Å²) >= 11 is 1.73. The highest BCUT2D eigenvalue weighted by Gasteiger charge is 2.32. The Kier molecular flexibility index (Phi) is 7.80. The molecule has 158 valence electrons. The molecule has 1 aromatic heterocycles. The van der Waals surface area contributed by atoms with Crippen LogP contribution in [0.15, 0.2) is 35.5 Å². The molecule has 0 spiro atoms. The van der Waals surface area contributed by atoms with Crippen molar-refractivity contribution >= 4 is 22.0 Å². The Morgan fingerprint density at radius 1 is 1.10 bits per heavy atom. The minimum absolute atomic E-state index is 0.222. The molecule has 2 heterocycles. The molecule has 0 saturated carbocycles. The van der Waals surface area contributed by atoms with Crippen molar-refractivity contribution in [2.24, 2.45) is 5.73 Å². The molecule has 0 fully saturated rings. The Balaban J connectivity index is 0.000000941. The summed E-state index contributed by atoms with van der Waals surface area (Å²) in [7, 11) is 2.05. The fourth-order valence-corrected chi connectivity index (χ4v) is 4.64. The monoisotopic (exact) mass is 412 g/mol. The van der Waals surface area contributed by atoms with Crippen LogP contribution in [-0.4, -0.2) is 30.5 Å². The molecule has 1 atom stereocenters. The molecular formula is C24H36N4S. The van der Waals surface area contributed by atoms with Crippen LogP contribution in [0.3, 0.4) is 0 Å². The number of nitrogens with two attached hydrogens (primary N) is 1. The van der Waals surface area contributed by atoms with Gasteiger partial charge in [-0.15, -0.1) is 11.3 Å². The molecule has 0 saturated heterocycles. The second kappa shape index (κ2) is 9.70. The molecule has 0 bridgehead atoms. The first-order valence-electron chi connectivity index (χ1n) is 10.3. The molecule has 4 nitrogen and oxygen atoms in total. The van der Waals surface area contributed by atoms with Crippen LogP contribution in [-0.2, 0) is 0 Å². The van der Waals surface area contributed by atoms with E-state index in [2.05, 4.69) is 70.4 Å². The predicted octanol–water partition coefficient (Wildman–Crippen LogP) is 5.79. The van der Waals surface area contributed by atoms with Crippen molar-refractivity contribution in [1.29, 1.82) is 5.41 Å². The number of anilines is 1. The van der Waals surface area contributed by atoms with Crippen LogP contribution in [0.4, 0.5) is 5.00 Å². The number of benzene rings is 1. The highest BCUT2D eigenvalue weighted by atomic mass is 32.1. The zero-order valence-corrected chi connectivity index (χ0v) is 20.0. The smallest absolute Gasteiger partial charge is 0.139 e. The van der Waals surface area contributed by atoms with Gasteiger partial charge in [0.05, 0.1) is 5.71 Å². The Labute approximate surface area is 180 Å². The van der Waals surface area contributed by atoms with Gasteiger partial charge < -0.3 is 4.90 Å². The predicted molar refractivity (Wildman–Crippen MR) is 128 cm³/mol. The van der Waals surface area contributed by atoms with Gasteiger partial charge >= 0.3 is 0 Å². The van der Waals surface area contributed by atoms with E-state index >= 15 is 0 Å². The summed E-state index contributed by atoms with van der Waals surface area (Å²) in [6.07, 6.45) is 1.03. The molecule has 3 N–H and O–H groups in total. The van der Waals surface area contributed by atoms with Crippen molar-refractivity contribution in [3.05, 3.63) is 62.7 Å². The normalized spacial score (nSPS) is 17.3. The van der Waals surface area contributed by atoms with Crippen LogP contribution in [0, 0.1) is 26.2 Å². The van der Waals surface area contributed by atoms with Crippen molar-refractivity contribution in [1.82, 2.24) is 4.90 Å². The lowest BCUT2D eigenvalue weighted by atomic mass is 9.98. The van der Waals surface area contributed by atoms with Crippen molar-refractivity contribution in [2.45, 2.75) is 61.2 Å². The third-order valence-corrected chi connectivity index (χ3v) is 6.56. The molecule has 29 heavy (non-hydrogen) atoms. The van der Waals surface area contributed by atoms with Crippen LogP contribution < -0.4 is 10.6 Å². The second-order valence-corrected chi connectivity index (χ2v) is 9.18. The Morgan fingerprint density at radius 3 is 2.21 bits per heavy atom. The zero-order valence-electron chi connectivity index (χ0n) is 19.2. The Bertz CT molecular complexity index is 892. The maximum absolute atomic E-state index is 8.90. The van der Waals surface area contributed by atoms with Gasteiger partial charge in [-0.3, -0.25) is 16.0 Å². The van der Waals surface area contributed by atoms with Crippen molar-refractivity contribution < 1.29 is 0 Å². The third-order valence-electron chi connectivity index (χ3n) is 5.36. The average molecular weight is 413 g/mol. The van der Waals surface area contributed by atoms with Crippen molar-refractivity contribution in [3.63, 3.8) is 0 Å². The van der Waals surface area contributed by atoms with Crippen LogP contribution in [0.5, 0.6) is 0 Å². The molecular weight excluding hydrogens is 376 g/mol. The van der Waals surface area contributed by atoms with Gasteiger partial charge in [0.1, 0.15) is 11.3 Å². The summed E-state index contributed by atoms with van der Waals surface area (Å²) < 4.78 is 0. The summed E-state index contributed by atoms with van der Waals surface area (Å²) in [6.45, 7) is 15.7. The number of hydrogen-bond acceptors (Lipinski definition) is 5. The minimum atomic E-state index is -0.222. The summed E-state index contributed by atoms with van der Waals surface area (Å²) in [5.41, 5.74) is 13.9. The molecule has 3 rings (SSSR count).